The van der Waals surface area contributed by atoms with Crippen molar-refractivity contribution in [3.8, 4) is 0 Å². The van der Waals surface area contributed by atoms with Gasteiger partial charge in [-0.2, -0.15) is 0 Å². The number of rotatable bonds is 3. The second kappa shape index (κ2) is 6.32. The number of hydrogen-bond donors (Lipinski definition) is 3. The van der Waals surface area contributed by atoms with Crippen LogP contribution in [0.15, 0.2) is 18.2 Å². The molecule has 5 heteroatoms. The third kappa shape index (κ3) is 3.11. The second-order valence-electron chi connectivity index (χ2n) is 6.95. The summed E-state index contributed by atoms with van der Waals surface area (Å²) in [6.45, 7) is 3.91. The van der Waals surface area contributed by atoms with Crippen molar-refractivity contribution in [1.29, 1.82) is 0 Å². The van der Waals surface area contributed by atoms with Gasteiger partial charge in [0.05, 0.1) is 0 Å². The Labute approximate surface area is 136 Å². The Balaban J connectivity index is 1.64. The van der Waals surface area contributed by atoms with Gasteiger partial charge in [-0.05, 0) is 62.1 Å². The van der Waals surface area contributed by atoms with Crippen molar-refractivity contribution in [2.75, 3.05) is 11.9 Å². The SMILES string of the molecule is Cc1ccc(C)c(NC(=O)C(=O)N[C@H]2[C@H]3CC[C@@H](C3)[C@H]2CO)c1. The van der Waals surface area contributed by atoms with Crippen molar-refractivity contribution in [2.24, 2.45) is 17.8 Å². The molecule has 124 valence electrons. The molecule has 0 saturated heterocycles. The Morgan fingerprint density at radius 3 is 2.65 bits per heavy atom. The summed E-state index contributed by atoms with van der Waals surface area (Å²) in [7, 11) is 0. The quantitative estimate of drug-likeness (QED) is 0.744. The summed E-state index contributed by atoms with van der Waals surface area (Å²) >= 11 is 0. The lowest BCUT2D eigenvalue weighted by Gasteiger charge is -2.30. The minimum absolute atomic E-state index is 0.0735. The first-order valence-corrected chi connectivity index (χ1v) is 8.29. The van der Waals surface area contributed by atoms with E-state index in [0.717, 1.165) is 30.4 Å². The lowest BCUT2D eigenvalue weighted by atomic mass is 9.85. The number of nitrogens with one attached hydrogen (secondary N) is 2. The maximum Gasteiger partial charge on any atom is 0.313 e. The molecule has 2 amide bonds. The first kappa shape index (κ1) is 16.0. The van der Waals surface area contributed by atoms with E-state index in [1.165, 1.54) is 0 Å². The van der Waals surface area contributed by atoms with E-state index >= 15 is 0 Å². The maximum absolute atomic E-state index is 12.2. The summed E-state index contributed by atoms with van der Waals surface area (Å²) in [5.74, 6) is -0.279. The highest BCUT2D eigenvalue weighted by Gasteiger charge is 2.48. The monoisotopic (exact) mass is 316 g/mol. The molecule has 0 aromatic heterocycles. The number of anilines is 1. The fraction of sp³-hybridized carbons (Fsp3) is 0.556. The van der Waals surface area contributed by atoms with Gasteiger partial charge in [-0.1, -0.05) is 12.1 Å². The van der Waals surface area contributed by atoms with E-state index in [9.17, 15) is 14.7 Å². The molecule has 2 saturated carbocycles. The molecule has 0 spiro atoms. The van der Waals surface area contributed by atoms with E-state index in [-0.39, 0.29) is 18.6 Å². The van der Waals surface area contributed by atoms with Crippen LogP contribution in [0, 0.1) is 31.6 Å². The van der Waals surface area contributed by atoms with Gasteiger partial charge in [0, 0.05) is 24.3 Å². The molecule has 2 aliphatic carbocycles. The molecule has 23 heavy (non-hydrogen) atoms. The zero-order valence-corrected chi connectivity index (χ0v) is 13.6. The lowest BCUT2D eigenvalue weighted by Crippen LogP contribution is -2.48. The van der Waals surface area contributed by atoms with Gasteiger partial charge in [-0.25, -0.2) is 0 Å². The van der Waals surface area contributed by atoms with E-state index in [0.29, 0.717) is 17.5 Å². The van der Waals surface area contributed by atoms with Gasteiger partial charge in [0.25, 0.3) is 0 Å². The summed E-state index contributed by atoms with van der Waals surface area (Å²) in [4.78, 5) is 24.4. The smallest absolute Gasteiger partial charge is 0.313 e. The predicted molar refractivity (Wildman–Crippen MR) is 87.9 cm³/mol. The number of aliphatic hydroxyl groups excluding tert-OH is 1. The van der Waals surface area contributed by atoms with Gasteiger partial charge in [0.1, 0.15) is 0 Å². The number of fused-ring (bicyclic) bond motifs is 2. The second-order valence-corrected chi connectivity index (χ2v) is 6.95. The van der Waals surface area contributed by atoms with Crippen LogP contribution in [0.3, 0.4) is 0 Å². The summed E-state index contributed by atoms with van der Waals surface area (Å²) in [5.41, 5.74) is 2.61. The third-order valence-corrected chi connectivity index (χ3v) is 5.44. The molecule has 0 aliphatic heterocycles. The van der Waals surface area contributed by atoms with Crippen LogP contribution in [0.5, 0.6) is 0 Å². The average molecular weight is 316 g/mol. The van der Waals surface area contributed by atoms with E-state index < -0.39 is 11.8 Å². The van der Waals surface area contributed by atoms with E-state index in [1.54, 1.807) is 0 Å². The third-order valence-electron chi connectivity index (χ3n) is 5.44. The lowest BCUT2D eigenvalue weighted by molar-refractivity contribution is -0.137. The molecule has 0 radical (unpaired) electrons. The van der Waals surface area contributed by atoms with Crippen LogP contribution in [0.4, 0.5) is 5.69 Å². The number of benzene rings is 1. The molecular formula is C18H24N2O3. The van der Waals surface area contributed by atoms with Gasteiger partial charge in [-0.15, -0.1) is 0 Å². The number of hydrogen-bond acceptors (Lipinski definition) is 3. The largest absolute Gasteiger partial charge is 0.396 e. The van der Waals surface area contributed by atoms with Crippen LogP contribution < -0.4 is 10.6 Å². The first-order valence-electron chi connectivity index (χ1n) is 8.29. The number of carbonyl (C=O) groups is 2. The normalized spacial score (nSPS) is 28.7. The zero-order valence-electron chi connectivity index (χ0n) is 13.6. The van der Waals surface area contributed by atoms with Crippen molar-refractivity contribution in [3.63, 3.8) is 0 Å². The van der Waals surface area contributed by atoms with Crippen LogP contribution in [0.2, 0.25) is 0 Å². The van der Waals surface area contributed by atoms with Crippen molar-refractivity contribution in [3.05, 3.63) is 29.3 Å². The molecule has 0 unspecified atom stereocenters. The van der Waals surface area contributed by atoms with Crippen LogP contribution in [0.1, 0.15) is 30.4 Å². The number of amides is 2. The summed E-state index contributed by atoms with van der Waals surface area (Å²) in [6, 6.07) is 5.66. The van der Waals surface area contributed by atoms with Crippen molar-refractivity contribution in [2.45, 2.75) is 39.2 Å². The molecule has 2 fully saturated rings. The Kier molecular flexibility index (Phi) is 4.39. The van der Waals surface area contributed by atoms with E-state index in [4.69, 9.17) is 0 Å². The molecule has 0 heterocycles. The van der Waals surface area contributed by atoms with E-state index in [2.05, 4.69) is 10.6 Å². The van der Waals surface area contributed by atoms with E-state index in [1.807, 2.05) is 32.0 Å². The van der Waals surface area contributed by atoms with Gasteiger partial charge in [-0.3, -0.25) is 9.59 Å². The molecule has 5 nitrogen and oxygen atoms in total. The minimum Gasteiger partial charge on any atom is -0.396 e. The Hall–Kier alpha value is -1.88. The summed E-state index contributed by atoms with van der Waals surface area (Å²) in [5, 5.41) is 15.1. The Bertz CT molecular complexity index is 629. The average Bonchev–Trinajstić information content (AvgIpc) is 3.11. The van der Waals surface area contributed by atoms with Crippen molar-refractivity contribution < 1.29 is 14.7 Å². The van der Waals surface area contributed by atoms with Gasteiger partial charge in [0.15, 0.2) is 0 Å². The van der Waals surface area contributed by atoms with Gasteiger partial charge in [0.2, 0.25) is 0 Å². The molecule has 1 aromatic rings. The summed E-state index contributed by atoms with van der Waals surface area (Å²) < 4.78 is 0. The standard InChI is InChI=1S/C18H24N2O3/c1-10-3-4-11(2)15(7-10)19-17(22)18(23)20-16-13-6-5-12(8-13)14(16)9-21/h3-4,7,12-14,16,21H,5-6,8-9H2,1-2H3,(H,19,22)(H,20,23)/t12-,13-,14+,16-/m0/s1. The number of carbonyl (C=O) groups excluding carboxylic acids is 2. The molecule has 3 rings (SSSR count). The molecule has 1 aromatic carbocycles. The molecule has 2 bridgehead atoms. The predicted octanol–water partition coefficient (Wildman–Crippen LogP) is 1.77. The van der Waals surface area contributed by atoms with Crippen molar-refractivity contribution >= 4 is 17.5 Å². The fourth-order valence-electron chi connectivity index (χ4n) is 4.16. The fourth-order valence-corrected chi connectivity index (χ4v) is 4.16. The van der Waals surface area contributed by atoms with Crippen LogP contribution in [-0.4, -0.2) is 29.6 Å². The highest BCUT2D eigenvalue weighted by atomic mass is 16.3. The maximum atomic E-state index is 12.2. The highest BCUT2D eigenvalue weighted by molar-refractivity contribution is 6.39. The van der Waals surface area contributed by atoms with Crippen LogP contribution >= 0.6 is 0 Å². The topological polar surface area (TPSA) is 78.4 Å². The molecule has 4 atom stereocenters. The van der Waals surface area contributed by atoms with Gasteiger partial charge >= 0.3 is 11.8 Å². The first-order chi connectivity index (χ1) is 11.0. The Morgan fingerprint density at radius 1 is 1.17 bits per heavy atom. The number of aliphatic hydroxyl groups is 1. The number of aryl methyl sites for hydroxylation is 2. The molecule has 3 N–H and O–H groups in total. The molecular weight excluding hydrogens is 292 g/mol. The van der Waals surface area contributed by atoms with Crippen LogP contribution in [-0.2, 0) is 9.59 Å². The highest BCUT2D eigenvalue weighted by Crippen LogP contribution is 2.48. The summed E-state index contributed by atoms with van der Waals surface area (Å²) in [6.07, 6.45) is 3.25. The Morgan fingerprint density at radius 2 is 1.91 bits per heavy atom. The van der Waals surface area contributed by atoms with Crippen LogP contribution in [0.25, 0.3) is 0 Å². The zero-order chi connectivity index (χ0) is 16.6. The molecule has 2 aliphatic rings. The van der Waals surface area contributed by atoms with Crippen molar-refractivity contribution in [1.82, 2.24) is 5.32 Å². The minimum atomic E-state index is -0.641. The van der Waals surface area contributed by atoms with Gasteiger partial charge < -0.3 is 15.7 Å².